The van der Waals surface area contributed by atoms with Crippen LogP contribution < -0.4 is 0 Å². The van der Waals surface area contributed by atoms with Crippen molar-refractivity contribution in [2.45, 2.75) is 45.4 Å². The summed E-state index contributed by atoms with van der Waals surface area (Å²) < 4.78 is 7.35. The van der Waals surface area contributed by atoms with Gasteiger partial charge in [-0.3, -0.25) is 9.59 Å². The third kappa shape index (κ3) is 5.94. The quantitative estimate of drug-likeness (QED) is 0.102. The number of aromatic hydroxyl groups is 2. The number of ketones is 2. The van der Waals surface area contributed by atoms with Crippen LogP contribution in [0.2, 0.25) is 0 Å². The van der Waals surface area contributed by atoms with E-state index in [9.17, 15) is 19.8 Å². The molecule has 4 rings (SSSR count). The molecule has 186 valence electrons. The van der Waals surface area contributed by atoms with E-state index in [1.54, 1.807) is 18.2 Å². The van der Waals surface area contributed by atoms with Crippen LogP contribution in [-0.2, 0) is 24.1 Å². The predicted octanol–water partition coefficient (Wildman–Crippen LogP) is 7.37. The highest BCUT2D eigenvalue weighted by atomic mass is 127. The number of phenols is 2. The van der Waals surface area contributed by atoms with Crippen molar-refractivity contribution in [3.8, 4) is 11.5 Å². The highest BCUT2D eigenvalue weighted by Gasteiger charge is 2.25. The van der Waals surface area contributed by atoms with Crippen molar-refractivity contribution in [2.75, 3.05) is 0 Å². The molecule has 2 N–H and O–H groups in total. The average molecular weight is 708 g/mol. The van der Waals surface area contributed by atoms with Gasteiger partial charge in [-0.05, 0) is 81.4 Å². The van der Waals surface area contributed by atoms with Gasteiger partial charge in [0.1, 0.15) is 28.6 Å². The second-order valence-corrected chi connectivity index (χ2v) is 11.2. The summed E-state index contributed by atoms with van der Waals surface area (Å²) in [6.45, 7) is 2.11. The Morgan fingerprint density at radius 2 is 1.61 bits per heavy atom. The van der Waals surface area contributed by atoms with Gasteiger partial charge in [0.25, 0.3) is 0 Å². The van der Waals surface area contributed by atoms with Gasteiger partial charge < -0.3 is 14.6 Å². The van der Waals surface area contributed by atoms with Crippen molar-refractivity contribution in [1.82, 2.24) is 0 Å². The van der Waals surface area contributed by atoms with Crippen LogP contribution in [0.3, 0.4) is 0 Å². The molecule has 0 atom stereocenters. The number of hydrogen-bond donors (Lipinski definition) is 2. The minimum absolute atomic E-state index is 0.0184. The normalized spacial score (nSPS) is 11.2. The van der Waals surface area contributed by atoms with E-state index in [1.165, 1.54) is 6.07 Å². The number of hydrogen-bond acceptors (Lipinski definition) is 5. The number of rotatable bonds is 10. The molecule has 0 aliphatic rings. The molecule has 0 saturated carbocycles. The number of carbonyl (C=O) groups excluding carboxylic acids is 2. The maximum Gasteiger partial charge on any atom is 0.197 e. The van der Waals surface area contributed by atoms with Gasteiger partial charge in [0.05, 0.1) is 12.7 Å². The van der Waals surface area contributed by atoms with E-state index in [0.717, 1.165) is 24.8 Å². The molecule has 0 amide bonds. The maximum atomic E-state index is 13.7. The van der Waals surface area contributed by atoms with Crippen LogP contribution in [0.25, 0.3) is 11.0 Å². The molecule has 0 fully saturated rings. The van der Waals surface area contributed by atoms with Gasteiger partial charge in [-0.1, -0.05) is 50.1 Å². The van der Waals surface area contributed by atoms with Crippen molar-refractivity contribution in [1.29, 1.82) is 0 Å². The van der Waals surface area contributed by atoms with Gasteiger partial charge in [0, 0.05) is 35.8 Å². The lowest BCUT2D eigenvalue weighted by molar-refractivity contribution is -0.117. The molecular formula is C29H26I2O5. The highest BCUT2D eigenvalue weighted by molar-refractivity contribution is 14.1. The van der Waals surface area contributed by atoms with Gasteiger partial charge in [-0.25, -0.2) is 0 Å². The van der Waals surface area contributed by atoms with E-state index in [4.69, 9.17) is 4.42 Å². The first-order valence-electron chi connectivity index (χ1n) is 11.8. The first-order valence-corrected chi connectivity index (χ1v) is 14.0. The first kappa shape index (κ1) is 26.7. The van der Waals surface area contributed by atoms with Gasteiger partial charge >= 0.3 is 0 Å². The Morgan fingerprint density at radius 1 is 0.917 bits per heavy atom. The van der Waals surface area contributed by atoms with Crippen LogP contribution >= 0.6 is 45.2 Å². The Balaban J connectivity index is 1.72. The lowest BCUT2D eigenvalue weighted by Gasteiger charge is -2.08. The zero-order valence-electron chi connectivity index (χ0n) is 19.8. The van der Waals surface area contributed by atoms with E-state index >= 15 is 0 Å². The molecule has 0 aliphatic heterocycles. The number of phenolic OH excluding ortho intramolecular Hbond substituents is 2. The fourth-order valence-corrected chi connectivity index (χ4v) is 6.03. The summed E-state index contributed by atoms with van der Waals surface area (Å²) in [7, 11) is 0. The predicted molar refractivity (Wildman–Crippen MR) is 157 cm³/mol. The van der Waals surface area contributed by atoms with Crippen molar-refractivity contribution >= 4 is 67.7 Å². The molecule has 1 aromatic heterocycles. The van der Waals surface area contributed by atoms with Crippen LogP contribution in [0, 0.1) is 7.14 Å². The van der Waals surface area contributed by atoms with Crippen molar-refractivity contribution in [3.63, 3.8) is 0 Å². The van der Waals surface area contributed by atoms with Gasteiger partial charge in [-0.2, -0.15) is 0 Å². The molecule has 7 heteroatoms. The van der Waals surface area contributed by atoms with Crippen molar-refractivity contribution in [3.05, 3.63) is 89.8 Å². The zero-order valence-corrected chi connectivity index (χ0v) is 24.1. The average Bonchev–Trinajstić information content (AvgIpc) is 3.19. The molecule has 0 saturated heterocycles. The monoisotopic (exact) mass is 708 g/mol. The summed E-state index contributed by atoms with van der Waals surface area (Å²) in [6.07, 6.45) is 3.85. The highest BCUT2D eigenvalue weighted by Crippen LogP contribution is 2.36. The maximum absolute atomic E-state index is 13.7. The Hall–Kier alpha value is -2.40. The second kappa shape index (κ2) is 11.8. The lowest BCUT2D eigenvalue weighted by Crippen LogP contribution is -2.07. The molecule has 0 radical (unpaired) electrons. The largest absolute Gasteiger partial charge is 0.508 e. The number of Topliss-reactive ketones (excluding diaryl/α,β-unsaturated/α-hetero) is 1. The minimum Gasteiger partial charge on any atom is -0.508 e. The van der Waals surface area contributed by atoms with E-state index in [-0.39, 0.29) is 35.9 Å². The number of carbonyl (C=O) groups is 2. The minimum atomic E-state index is -0.219. The molecule has 36 heavy (non-hydrogen) atoms. The number of benzene rings is 3. The molecule has 0 bridgehead atoms. The number of furan rings is 1. The third-order valence-corrected chi connectivity index (χ3v) is 7.75. The molecule has 3 aromatic carbocycles. The number of unbranched alkanes of at least 4 members (excludes halogenated alkanes) is 2. The van der Waals surface area contributed by atoms with Crippen molar-refractivity contribution in [2.24, 2.45) is 0 Å². The molecule has 5 nitrogen and oxygen atoms in total. The molecule has 1 heterocycles. The van der Waals surface area contributed by atoms with E-state index in [2.05, 4.69) is 6.92 Å². The molecule has 0 aliphatic carbocycles. The second-order valence-electron chi connectivity index (χ2n) is 8.83. The third-order valence-electron chi connectivity index (χ3n) is 6.11. The smallest absolute Gasteiger partial charge is 0.197 e. The zero-order chi connectivity index (χ0) is 25.8. The fraction of sp³-hybridized carbons (Fsp3) is 0.241. The summed E-state index contributed by atoms with van der Waals surface area (Å²) in [5, 5.41) is 21.5. The Kier molecular flexibility index (Phi) is 8.71. The van der Waals surface area contributed by atoms with Crippen LogP contribution in [0.1, 0.15) is 59.0 Å². The standard InChI is InChI=1S/C29H26I2O5/c1-2-3-5-10-25-27(28(34)19-13-22(30)29(35)23(31)14-19)21-16-24(33)18(15-26(21)36-25)12-20(32)11-17-8-6-4-7-9-17/h4,6-9,13-16,33,35H,2-3,5,10-12H2,1H3. The number of halogens is 2. The summed E-state index contributed by atoms with van der Waals surface area (Å²) in [5.41, 5.74) is 2.75. The van der Waals surface area contributed by atoms with E-state index in [1.807, 2.05) is 75.5 Å². The van der Waals surface area contributed by atoms with E-state index < -0.39 is 0 Å². The summed E-state index contributed by atoms with van der Waals surface area (Å²) in [5.74, 6) is 0.455. The van der Waals surface area contributed by atoms with Gasteiger partial charge in [0.15, 0.2) is 5.78 Å². The van der Waals surface area contributed by atoms with Crippen LogP contribution in [0.5, 0.6) is 11.5 Å². The summed E-state index contributed by atoms with van der Waals surface area (Å²) in [6, 6.07) is 16.0. The molecular weight excluding hydrogens is 682 g/mol. The topological polar surface area (TPSA) is 87.7 Å². The van der Waals surface area contributed by atoms with E-state index in [0.29, 0.717) is 47.0 Å². The van der Waals surface area contributed by atoms with Crippen molar-refractivity contribution < 1.29 is 24.2 Å². The van der Waals surface area contributed by atoms with Crippen LogP contribution in [0.4, 0.5) is 0 Å². The first-order chi connectivity index (χ1) is 17.3. The molecule has 0 spiro atoms. The Labute approximate surface area is 237 Å². The fourth-order valence-electron chi connectivity index (χ4n) is 4.27. The van der Waals surface area contributed by atoms with Crippen LogP contribution in [-0.4, -0.2) is 21.8 Å². The number of fused-ring (bicyclic) bond motifs is 1. The van der Waals surface area contributed by atoms with Gasteiger partial charge in [-0.15, -0.1) is 0 Å². The van der Waals surface area contributed by atoms with Crippen LogP contribution in [0.15, 0.2) is 59.0 Å². The Morgan fingerprint density at radius 3 is 2.28 bits per heavy atom. The summed E-state index contributed by atoms with van der Waals surface area (Å²) in [4.78, 5) is 26.4. The number of aryl methyl sites for hydroxylation is 1. The lowest BCUT2D eigenvalue weighted by atomic mass is 9.96. The summed E-state index contributed by atoms with van der Waals surface area (Å²) >= 11 is 4.01. The van der Waals surface area contributed by atoms with Gasteiger partial charge in [0.2, 0.25) is 0 Å². The SMILES string of the molecule is CCCCCc1oc2cc(CC(=O)Cc3ccccc3)c(O)cc2c1C(=O)c1cc(I)c(O)c(I)c1. The molecule has 4 aromatic rings. The Bertz CT molecular complexity index is 1400. The molecule has 0 unspecified atom stereocenters.